The van der Waals surface area contributed by atoms with Crippen molar-refractivity contribution in [3.63, 3.8) is 0 Å². The number of carbonyl (C=O) groups is 1. The number of rotatable bonds is 3. The van der Waals surface area contributed by atoms with Gasteiger partial charge in [-0.25, -0.2) is 0 Å². The van der Waals surface area contributed by atoms with Crippen molar-refractivity contribution >= 4 is 5.91 Å². The molecule has 2 aliphatic rings. The van der Waals surface area contributed by atoms with Crippen molar-refractivity contribution in [3.05, 3.63) is 34.9 Å². The molecule has 1 atom stereocenters. The number of hydrogen-bond donors (Lipinski definition) is 3. The van der Waals surface area contributed by atoms with Crippen LogP contribution in [0.5, 0.6) is 0 Å². The van der Waals surface area contributed by atoms with Crippen molar-refractivity contribution in [2.24, 2.45) is 0 Å². The number of ether oxygens (including phenoxy) is 1. The average Bonchev–Trinajstić information content (AvgIpc) is 2.91. The van der Waals surface area contributed by atoms with Crippen LogP contribution in [0.15, 0.2) is 18.2 Å². The molecule has 5 heteroatoms. The number of hydrogen-bond acceptors (Lipinski definition) is 4. The predicted molar refractivity (Wildman–Crippen MR) is 74.6 cm³/mol. The van der Waals surface area contributed by atoms with E-state index < -0.39 is 5.60 Å². The Morgan fingerprint density at radius 2 is 2.35 bits per heavy atom. The number of aliphatic hydroxyl groups is 1. The fraction of sp³-hybridized carbons (Fsp3) is 0.533. The highest BCUT2D eigenvalue weighted by Gasteiger charge is 2.32. The molecule has 0 aliphatic carbocycles. The summed E-state index contributed by atoms with van der Waals surface area (Å²) < 4.78 is 5.16. The van der Waals surface area contributed by atoms with E-state index in [2.05, 4.69) is 10.6 Å². The van der Waals surface area contributed by atoms with Gasteiger partial charge in [-0.3, -0.25) is 4.79 Å². The van der Waals surface area contributed by atoms with E-state index in [9.17, 15) is 9.90 Å². The lowest BCUT2D eigenvalue weighted by Crippen LogP contribution is -2.43. The normalized spacial score (nSPS) is 25.2. The third-order valence-electron chi connectivity index (χ3n) is 4.02. The van der Waals surface area contributed by atoms with Crippen LogP contribution in [0.4, 0.5) is 0 Å². The maximum Gasteiger partial charge on any atom is 0.251 e. The average molecular weight is 276 g/mol. The zero-order chi connectivity index (χ0) is 14.0. The van der Waals surface area contributed by atoms with Gasteiger partial charge in [-0.2, -0.15) is 0 Å². The lowest BCUT2D eigenvalue weighted by Gasteiger charge is -2.21. The van der Waals surface area contributed by atoms with E-state index in [4.69, 9.17) is 4.74 Å². The summed E-state index contributed by atoms with van der Waals surface area (Å²) >= 11 is 0. The minimum atomic E-state index is -0.911. The van der Waals surface area contributed by atoms with Crippen LogP contribution in [-0.4, -0.2) is 42.9 Å². The van der Waals surface area contributed by atoms with Crippen molar-refractivity contribution in [2.75, 3.05) is 26.3 Å². The van der Waals surface area contributed by atoms with Gasteiger partial charge in [0.15, 0.2) is 0 Å². The Labute approximate surface area is 118 Å². The van der Waals surface area contributed by atoms with E-state index in [0.717, 1.165) is 19.5 Å². The fourth-order valence-electron chi connectivity index (χ4n) is 2.70. The van der Waals surface area contributed by atoms with Crippen LogP contribution >= 0.6 is 0 Å². The van der Waals surface area contributed by atoms with Crippen molar-refractivity contribution in [1.82, 2.24) is 10.6 Å². The summed E-state index contributed by atoms with van der Waals surface area (Å²) in [6.45, 7) is 2.89. The molecule has 1 amide bonds. The molecule has 1 fully saturated rings. The Kier molecular flexibility index (Phi) is 3.74. The topological polar surface area (TPSA) is 70.6 Å². The minimum absolute atomic E-state index is 0.140. The molecule has 20 heavy (non-hydrogen) atoms. The van der Waals surface area contributed by atoms with Crippen molar-refractivity contribution in [2.45, 2.75) is 25.0 Å². The van der Waals surface area contributed by atoms with Crippen molar-refractivity contribution in [1.29, 1.82) is 0 Å². The van der Waals surface area contributed by atoms with Gasteiger partial charge >= 0.3 is 0 Å². The highest BCUT2D eigenvalue weighted by atomic mass is 16.5. The lowest BCUT2D eigenvalue weighted by atomic mass is 9.98. The van der Waals surface area contributed by atoms with E-state index in [-0.39, 0.29) is 12.5 Å². The van der Waals surface area contributed by atoms with Gasteiger partial charge in [0, 0.05) is 31.7 Å². The first-order valence-corrected chi connectivity index (χ1v) is 7.07. The fourth-order valence-corrected chi connectivity index (χ4v) is 2.70. The van der Waals surface area contributed by atoms with Crippen molar-refractivity contribution in [3.8, 4) is 0 Å². The molecule has 0 bridgehead atoms. The first-order valence-electron chi connectivity index (χ1n) is 7.07. The number of amides is 1. The Balaban J connectivity index is 1.65. The molecule has 1 aromatic rings. The molecule has 1 unspecified atom stereocenters. The highest BCUT2D eigenvalue weighted by molar-refractivity contribution is 5.94. The van der Waals surface area contributed by atoms with Crippen LogP contribution in [0, 0.1) is 0 Å². The number of benzene rings is 1. The zero-order valence-corrected chi connectivity index (χ0v) is 11.4. The molecule has 3 N–H and O–H groups in total. The molecule has 1 saturated heterocycles. The van der Waals surface area contributed by atoms with Gasteiger partial charge in [0.05, 0.1) is 6.61 Å². The second-order valence-electron chi connectivity index (χ2n) is 5.62. The molecule has 2 aliphatic heterocycles. The third kappa shape index (κ3) is 2.85. The zero-order valence-electron chi connectivity index (χ0n) is 11.4. The van der Waals surface area contributed by atoms with E-state index >= 15 is 0 Å². The first-order chi connectivity index (χ1) is 9.66. The summed E-state index contributed by atoms with van der Waals surface area (Å²) in [5.74, 6) is -0.140. The summed E-state index contributed by atoms with van der Waals surface area (Å²) in [6, 6.07) is 5.82. The molecule has 3 rings (SSSR count). The summed E-state index contributed by atoms with van der Waals surface area (Å²) in [7, 11) is 0. The van der Waals surface area contributed by atoms with Gasteiger partial charge < -0.3 is 20.5 Å². The summed E-state index contributed by atoms with van der Waals surface area (Å²) in [5, 5.41) is 16.2. The smallest absolute Gasteiger partial charge is 0.251 e. The van der Waals surface area contributed by atoms with Gasteiger partial charge in [0.2, 0.25) is 0 Å². The van der Waals surface area contributed by atoms with Crippen LogP contribution in [0.3, 0.4) is 0 Å². The maximum absolute atomic E-state index is 12.1. The summed E-state index contributed by atoms with van der Waals surface area (Å²) in [5.41, 5.74) is 2.23. The van der Waals surface area contributed by atoms with Gasteiger partial charge in [0.25, 0.3) is 5.91 Å². The SMILES string of the molecule is O=C(NCC1(O)CCOC1)c1ccc2c(c1)CNCC2. The van der Waals surface area contributed by atoms with Gasteiger partial charge in [-0.05, 0) is 36.2 Å². The van der Waals surface area contributed by atoms with Crippen LogP contribution in [0.1, 0.15) is 27.9 Å². The van der Waals surface area contributed by atoms with Crippen molar-refractivity contribution < 1.29 is 14.6 Å². The van der Waals surface area contributed by atoms with E-state index in [1.54, 1.807) is 0 Å². The Morgan fingerprint density at radius 1 is 1.45 bits per heavy atom. The first kappa shape index (κ1) is 13.5. The molecular weight excluding hydrogens is 256 g/mol. The standard InChI is InChI=1S/C15H20N2O3/c18-14(17-9-15(19)4-6-20-10-15)12-2-1-11-3-5-16-8-13(11)7-12/h1-2,7,16,19H,3-6,8-10H2,(H,17,18). The molecular formula is C15H20N2O3. The van der Waals surface area contributed by atoms with Crippen LogP contribution in [0.25, 0.3) is 0 Å². The molecule has 2 heterocycles. The van der Waals surface area contributed by atoms with Crippen LogP contribution < -0.4 is 10.6 Å². The molecule has 108 valence electrons. The van der Waals surface area contributed by atoms with Gasteiger partial charge in [0.1, 0.15) is 5.60 Å². The quantitative estimate of drug-likeness (QED) is 0.738. The molecule has 5 nitrogen and oxygen atoms in total. The second kappa shape index (κ2) is 5.52. The molecule has 0 saturated carbocycles. The largest absolute Gasteiger partial charge is 0.386 e. The lowest BCUT2D eigenvalue weighted by molar-refractivity contribution is 0.0264. The highest BCUT2D eigenvalue weighted by Crippen LogP contribution is 2.18. The van der Waals surface area contributed by atoms with E-state index in [1.165, 1.54) is 11.1 Å². The predicted octanol–water partition coefficient (Wildman–Crippen LogP) is 0.213. The minimum Gasteiger partial charge on any atom is -0.386 e. The number of nitrogens with one attached hydrogen (secondary N) is 2. The molecule has 1 aromatic carbocycles. The van der Waals surface area contributed by atoms with Gasteiger partial charge in [-0.15, -0.1) is 0 Å². The molecule has 0 radical (unpaired) electrons. The summed E-state index contributed by atoms with van der Waals surface area (Å²) in [4.78, 5) is 12.1. The number of fused-ring (bicyclic) bond motifs is 1. The van der Waals surface area contributed by atoms with Crippen LogP contribution in [0.2, 0.25) is 0 Å². The van der Waals surface area contributed by atoms with E-state index in [1.807, 2.05) is 18.2 Å². The molecule has 0 spiro atoms. The maximum atomic E-state index is 12.1. The Bertz CT molecular complexity index is 510. The van der Waals surface area contributed by atoms with Gasteiger partial charge in [-0.1, -0.05) is 6.07 Å². The molecule has 0 aromatic heterocycles. The van der Waals surface area contributed by atoms with E-state index in [0.29, 0.717) is 25.2 Å². The Morgan fingerprint density at radius 3 is 3.15 bits per heavy atom. The third-order valence-corrected chi connectivity index (χ3v) is 4.02. The monoisotopic (exact) mass is 276 g/mol. The van der Waals surface area contributed by atoms with Crippen LogP contribution in [-0.2, 0) is 17.7 Å². The number of carbonyl (C=O) groups excluding carboxylic acids is 1. The second-order valence-corrected chi connectivity index (χ2v) is 5.62. The Hall–Kier alpha value is -1.43. The summed E-state index contributed by atoms with van der Waals surface area (Å²) in [6.07, 6.45) is 1.58.